The van der Waals surface area contributed by atoms with Crippen LogP contribution >= 0.6 is 0 Å². The third-order valence-electron chi connectivity index (χ3n) is 1.96. The normalized spacial score (nSPS) is 12.0. The van der Waals surface area contributed by atoms with Crippen molar-refractivity contribution in [1.29, 1.82) is 0 Å². The van der Waals surface area contributed by atoms with Crippen molar-refractivity contribution in [2.45, 2.75) is 51.5 Å². The second kappa shape index (κ2) is 6.60. The summed E-state index contributed by atoms with van der Waals surface area (Å²) in [6, 6.07) is 0.860. The monoisotopic (exact) mass is 189 g/mol. The Morgan fingerprint density at radius 3 is 1.83 bits per heavy atom. The van der Waals surface area contributed by atoms with Crippen molar-refractivity contribution in [2.75, 3.05) is 0 Å². The zero-order chi connectivity index (χ0) is 9.45. The molecule has 0 aromatic heterocycles. The average Bonchev–Trinajstić information content (AvgIpc) is 1.94. The second-order valence-corrected chi connectivity index (χ2v) is 6.35. The standard InChI is InChI=1S/C8H23N3Si/c1-2-3-4-5-6-7-8-12(9,10)11/h2-11H2,1H3. The molecule has 4 heteroatoms. The molecular weight excluding hydrogens is 166 g/mol. The number of unbranched alkanes of at least 4 members (excludes halogenated alkanes) is 5. The highest BCUT2D eigenvalue weighted by molar-refractivity contribution is 6.70. The van der Waals surface area contributed by atoms with Crippen molar-refractivity contribution in [1.82, 2.24) is 0 Å². The molecule has 0 rings (SSSR count). The first-order valence-corrected chi connectivity index (χ1v) is 7.37. The minimum absolute atomic E-state index is 0.860. The van der Waals surface area contributed by atoms with E-state index >= 15 is 0 Å². The molecule has 3 nitrogen and oxygen atoms in total. The largest absolute Gasteiger partial charge is 0.327 e. The Bertz CT molecular complexity index is 101. The molecule has 0 saturated heterocycles. The fourth-order valence-electron chi connectivity index (χ4n) is 1.21. The number of hydrogen-bond donors (Lipinski definition) is 3. The van der Waals surface area contributed by atoms with Gasteiger partial charge in [-0.1, -0.05) is 45.4 Å². The summed E-state index contributed by atoms with van der Waals surface area (Å²) in [5.41, 5.74) is 0. The van der Waals surface area contributed by atoms with E-state index in [9.17, 15) is 0 Å². The summed E-state index contributed by atoms with van der Waals surface area (Å²) in [5.74, 6) is 0. The van der Waals surface area contributed by atoms with Crippen LogP contribution in [0.5, 0.6) is 0 Å². The molecule has 0 unspecified atom stereocenters. The summed E-state index contributed by atoms with van der Waals surface area (Å²) in [7, 11) is -2.23. The Kier molecular flexibility index (Phi) is 6.65. The molecule has 12 heavy (non-hydrogen) atoms. The Morgan fingerprint density at radius 2 is 1.33 bits per heavy atom. The highest BCUT2D eigenvalue weighted by atomic mass is 28.4. The van der Waals surface area contributed by atoms with Crippen LogP contribution in [-0.4, -0.2) is 8.56 Å². The molecule has 0 amide bonds. The lowest BCUT2D eigenvalue weighted by Gasteiger charge is -2.13. The lowest BCUT2D eigenvalue weighted by atomic mass is 10.1. The Hall–Kier alpha value is 0.0969. The smallest absolute Gasteiger partial charge is 0.273 e. The molecule has 0 radical (unpaired) electrons. The van der Waals surface area contributed by atoms with E-state index in [4.69, 9.17) is 16.2 Å². The molecule has 0 atom stereocenters. The molecule has 0 fully saturated rings. The molecule has 0 aromatic rings. The van der Waals surface area contributed by atoms with Gasteiger partial charge < -0.3 is 16.2 Å². The van der Waals surface area contributed by atoms with Crippen LogP contribution < -0.4 is 16.2 Å². The van der Waals surface area contributed by atoms with Gasteiger partial charge in [-0.2, -0.15) is 0 Å². The van der Waals surface area contributed by atoms with Crippen molar-refractivity contribution in [3.63, 3.8) is 0 Å². The molecule has 74 valence electrons. The molecule has 0 aliphatic carbocycles. The van der Waals surface area contributed by atoms with E-state index in [2.05, 4.69) is 6.92 Å². The fraction of sp³-hybridized carbons (Fsp3) is 1.00. The summed E-state index contributed by atoms with van der Waals surface area (Å²) in [6.45, 7) is 2.22. The molecule has 0 aliphatic heterocycles. The van der Waals surface area contributed by atoms with Gasteiger partial charge >= 0.3 is 0 Å². The van der Waals surface area contributed by atoms with Crippen molar-refractivity contribution in [3.05, 3.63) is 0 Å². The number of rotatable bonds is 7. The van der Waals surface area contributed by atoms with Gasteiger partial charge in [0.05, 0.1) is 0 Å². The first-order chi connectivity index (χ1) is 5.56. The lowest BCUT2D eigenvalue weighted by molar-refractivity contribution is 0.621. The van der Waals surface area contributed by atoms with E-state index in [1.807, 2.05) is 0 Å². The van der Waals surface area contributed by atoms with E-state index in [0.717, 1.165) is 12.5 Å². The Labute approximate surface area is 76.9 Å². The van der Waals surface area contributed by atoms with Crippen LogP contribution in [0.3, 0.4) is 0 Å². The minimum Gasteiger partial charge on any atom is -0.327 e. The Balaban J connectivity index is 3.01. The van der Waals surface area contributed by atoms with Gasteiger partial charge in [0.2, 0.25) is 0 Å². The third kappa shape index (κ3) is 10.1. The summed E-state index contributed by atoms with van der Waals surface area (Å²) in [4.78, 5) is 0. The minimum atomic E-state index is -2.23. The molecule has 0 saturated carbocycles. The molecule has 0 bridgehead atoms. The van der Waals surface area contributed by atoms with Crippen LogP contribution in [0.4, 0.5) is 0 Å². The van der Waals surface area contributed by atoms with Gasteiger partial charge in [-0.3, -0.25) is 0 Å². The molecule has 0 aromatic carbocycles. The highest BCUT2D eigenvalue weighted by Crippen LogP contribution is 2.07. The van der Waals surface area contributed by atoms with E-state index in [0.29, 0.717) is 0 Å². The van der Waals surface area contributed by atoms with E-state index in [-0.39, 0.29) is 0 Å². The van der Waals surface area contributed by atoms with Crippen molar-refractivity contribution < 1.29 is 0 Å². The predicted octanol–water partition coefficient (Wildman–Crippen LogP) is 1.16. The van der Waals surface area contributed by atoms with Crippen molar-refractivity contribution >= 4 is 8.56 Å². The molecule has 6 N–H and O–H groups in total. The predicted molar refractivity (Wildman–Crippen MR) is 56.5 cm³/mol. The van der Waals surface area contributed by atoms with Crippen LogP contribution in [0.15, 0.2) is 0 Å². The third-order valence-corrected chi connectivity index (χ3v) is 3.18. The lowest BCUT2D eigenvalue weighted by Crippen LogP contribution is -2.64. The van der Waals surface area contributed by atoms with Gasteiger partial charge in [-0.25, -0.2) is 0 Å². The maximum atomic E-state index is 5.57. The zero-order valence-electron chi connectivity index (χ0n) is 8.18. The van der Waals surface area contributed by atoms with Crippen LogP contribution in [0.1, 0.15) is 45.4 Å². The van der Waals surface area contributed by atoms with Gasteiger partial charge in [0.15, 0.2) is 0 Å². The van der Waals surface area contributed by atoms with Crippen molar-refractivity contribution in [3.8, 4) is 0 Å². The zero-order valence-corrected chi connectivity index (χ0v) is 9.18. The summed E-state index contributed by atoms with van der Waals surface area (Å²) >= 11 is 0. The SMILES string of the molecule is CCCCCCCC[Si](N)(N)N. The van der Waals surface area contributed by atoms with Crippen LogP contribution in [-0.2, 0) is 0 Å². The highest BCUT2D eigenvalue weighted by Gasteiger charge is 2.15. The van der Waals surface area contributed by atoms with Crippen LogP contribution in [0, 0.1) is 0 Å². The van der Waals surface area contributed by atoms with E-state index < -0.39 is 8.56 Å². The maximum Gasteiger partial charge on any atom is 0.273 e. The summed E-state index contributed by atoms with van der Waals surface area (Å²) < 4.78 is 0. The Morgan fingerprint density at radius 1 is 0.833 bits per heavy atom. The quantitative estimate of drug-likeness (QED) is 0.415. The van der Waals surface area contributed by atoms with Gasteiger partial charge in [0, 0.05) is 0 Å². The fourth-order valence-corrected chi connectivity index (χ4v) is 2.07. The average molecular weight is 189 g/mol. The number of nitrogens with two attached hydrogens (primary N) is 3. The summed E-state index contributed by atoms with van der Waals surface area (Å²) in [5, 5.41) is 16.7. The number of hydrogen-bond acceptors (Lipinski definition) is 3. The molecule has 0 spiro atoms. The summed E-state index contributed by atoms with van der Waals surface area (Å²) in [6.07, 6.45) is 7.63. The van der Waals surface area contributed by atoms with Crippen molar-refractivity contribution in [2.24, 2.45) is 16.2 Å². The van der Waals surface area contributed by atoms with E-state index in [1.165, 1.54) is 32.1 Å². The molecule has 0 heterocycles. The second-order valence-electron chi connectivity index (χ2n) is 3.63. The maximum absolute atomic E-state index is 5.57. The molecule has 0 aliphatic rings. The van der Waals surface area contributed by atoms with Crippen LogP contribution in [0.25, 0.3) is 0 Å². The molecular formula is C8H23N3Si. The van der Waals surface area contributed by atoms with Gasteiger partial charge in [0.1, 0.15) is 0 Å². The first-order valence-electron chi connectivity index (χ1n) is 4.93. The topological polar surface area (TPSA) is 78.1 Å². The first kappa shape index (κ1) is 12.1. The van der Waals surface area contributed by atoms with Gasteiger partial charge in [0.25, 0.3) is 8.56 Å². The van der Waals surface area contributed by atoms with Gasteiger partial charge in [-0.15, -0.1) is 0 Å². The van der Waals surface area contributed by atoms with E-state index in [1.54, 1.807) is 0 Å². The van der Waals surface area contributed by atoms with Gasteiger partial charge in [-0.05, 0) is 6.04 Å². The van der Waals surface area contributed by atoms with Crippen LogP contribution in [0.2, 0.25) is 6.04 Å².